The molecule has 1 aromatic carbocycles. The number of carboxylic acid groups (broad SMARTS) is 1. The highest BCUT2D eigenvalue weighted by atomic mass is 32.2. The van der Waals surface area contributed by atoms with Crippen LogP contribution in [0.25, 0.3) is 10.9 Å². The maximum absolute atomic E-state index is 11.6. The molecule has 1 aromatic heterocycles. The summed E-state index contributed by atoms with van der Waals surface area (Å²) in [5, 5.41) is 21.4. The lowest BCUT2D eigenvalue weighted by molar-refractivity contribution is -0.139. The number of nitrogens with one attached hydrogen (secondary N) is 1. The van der Waals surface area contributed by atoms with Crippen LogP contribution in [0.15, 0.2) is 30.5 Å². The SMILES string of the molecule is COc1ccc2nccc([C@@H](CC[C@@H]3CCN(CCSC4CCCC4)C[C@@H]3CC(=O)O)NO)c2c1. The van der Waals surface area contributed by atoms with E-state index < -0.39 is 5.97 Å². The monoisotopic (exact) mass is 501 g/mol. The number of carboxylic acids is 1. The predicted molar refractivity (Wildman–Crippen MR) is 140 cm³/mol. The second-order valence-corrected chi connectivity index (χ2v) is 11.4. The number of thioether (sulfide) groups is 1. The number of hydroxylamine groups is 1. The third-order valence-corrected chi connectivity index (χ3v) is 9.18. The molecule has 0 bridgehead atoms. The molecule has 3 N–H and O–H groups in total. The Labute approximate surface area is 212 Å². The highest BCUT2D eigenvalue weighted by Crippen LogP contribution is 2.35. The lowest BCUT2D eigenvalue weighted by Gasteiger charge is -2.38. The Morgan fingerprint density at radius 1 is 1.26 bits per heavy atom. The Hall–Kier alpha value is -1.87. The lowest BCUT2D eigenvalue weighted by atomic mass is 9.79. The number of aliphatic carboxylic acids is 1. The zero-order chi connectivity index (χ0) is 24.6. The summed E-state index contributed by atoms with van der Waals surface area (Å²) in [5.74, 6) is 1.66. The van der Waals surface area contributed by atoms with Gasteiger partial charge < -0.3 is 20.0 Å². The number of likely N-dealkylation sites (tertiary alicyclic amines) is 1. The summed E-state index contributed by atoms with van der Waals surface area (Å²) < 4.78 is 5.39. The molecule has 35 heavy (non-hydrogen) atoms. The molecule has 3 atom stereocenters. The number of methoxy groups -OCH3 is 1. The van der Waals surface area contributed by atoms with E-state index in [1.54, 1.807) is 13.3 Å². The van der Waals surface area contributed by atoms with Gasteiger partial charge in [0.05, 0.1) is 18.7 Å². The van der Waals surface area contributed by atoms with E-state index in [9.17, 15) is 15.1 Å². The van der Waals surface area contributed by atoms with Gasteiger partial charge in [0.2, 0.25) is 0 Å². The first-order valence-electron chi connectivity index (χ1n) is 13.0. The minimum Gasteiger partial charge on any atom is -0.497 e. The van der Waals surface area contributed by atoms with Crippen LogP contribution in [0.2, 0.25) is 0 Å². The summed E-state index contributed by atoms with van der Waals surface area (Å²) in [5.41, 5.74) is 4.35. The van der Waals surface area contributed by atoms with E-state index >= 15 is 0 Å². The number of benzene rings is 1. The fourth-order valence-corrected chi connectivity index (χ4v) is 7.21. The summed E-state index contributed by atoms with van der Waals surface area (Å²) in [6.45, 7) is 2.93. The molecule has 8 heteroatoms. The van der Waals surface area contributed by atoms with Crippen LogP contribution >= 0.6 is 11.8 Å². The first kappa shape index (κ1) is 26.2. The van der Waals surface area contributed by atoms with Gasteiger partial charge >= 0.3 is 5.97 Å². The molecule has 0 amide bonds. The molecular weight excluding hydrogens is 462 g/mol. The molecule has 2 aliphatic rings. The maximum Gasteiger partial charge on any atom is 0.303 e. The molecule has 0 radical (unpaired) electrons. The van der Waals surface area contributed by atoms with E-state index in [0.29, 0.717) is 5.92 Å². The van der Waals surface area contributed by atoms with Crippen LogP contribution in [0.1, 0.15) is 63.0 Å². The molecule has 0 spiro atoms. The van der Waals surface area contributed by atoms with Gasteiger partial charge in [0.25, 0.3) is 0 Å². The molecule has 0 unspecified atom stereocenters. The van der Waals surface area contributed by atoms with Gasteiger partial charge in [0.15, 0.2) is 0 Å². The van der Waals surface area contributed by atoms with E-state index in [1.807, 2.05) is 24.3 Å². The molecule has 4 rings (SSSR count). The van der Waals surface area contributed by atoms with Crippen LogP contribution in [-0.4, -0.2) is 63.9 Å². The van der Waals surface area contributed by atoms with Crippen molar-refractivity contribution in [3.63, 3.8) is 0 Å². The Kier molecular flexibility index (Phi) is 9.66. The van der Waals surface area contributed by atoms with Gasteiger partial charge in [0, 0.05) is 42.1 Å². The number of piperidine rings is 1. The van der Waals surface area contributed by atoms with Crippen molar-refractivity contribution in [1.82, 2.24) is 15.4 Å². The predicted octanol–water partition coefficient (Wildman–Crippen LogP) is 5.13. The van der Waals surface area contributed by atoms with Crippen molar-refractivity contribution in [3.05, 3.63) is 36.0 Å². The molecule has 1 aliphatic heterocycles. The topological polar surface area (TPSA) is 94.9 Å². The molecule has 1 saturated heterocycles. The molecule has 2 heterocycles. The van der Waals surface area contributed by atoms with Gasteiger partial charge in [-0.2, -0.15) is 17.2 Å². The van der Waals surface area contributed by atoms with Crippen molar-refractivity contribution in [2.24, 2.45) is 11.8 Å². The van der Waals surface area contributed by atoms with Gasteiger partial charge in [-0.3, -0.25) is 9.78 Å². The number of nitrogens with zero attached hydrogens (tertiary/aromatic N) is 2. The maximum atomic E-state index is 11.6. The standard InChI is InChI=1S/C27H39N3O4S/c1-34-21-7-9-25-24(17-21)23(10-12-28-25)26(29-33)8-6-19-11-13-30(18-20(19)16-27(31)32)14-15-35-22-4-2-3-5-22/h7,9-10,12,17,19-20,22,26,29,33H,2-6,8,11,13-16,18H2,1H3,(H,31,32)/t19-,20+,26-/m1/s1. The van der Waals surface area contributed by atoms with Crippen molar-refractivity contribution in [2.75, 3.05) is 32.5 Å². The van der Waals surface area contributed by atoms with Gasteiger partial charge in [-0.15, -0.1) is 0 Å². The van der Waals surface area contributed by atoms with Gasteiger partial charge in [0.1, 0.15) is 5.75 Å². The highest BCUT2D eigenvalue weighted by molar-refractivity contribution is 7.99. The molecular formula is C27H39N3O4S. The van der Waals surface area contributed by atoms with Crippen molar-refractivity contribution >= 4 is 28.6 Å². The zero-order valence-electron chi connectivity index (χ0n) is 20.7. The van der Waals surface area contributed by atoms with Crippen LogP contribution in [0.4, 0.5) is 0 Å². The van der Waals surface area contributed by atoms with E-state index in [4.69, 9.17) is 4.74 Å². The van der Waals surface area contributed by atoms with Crippen molar-refractivity contribution in [1.29, 1.82) is 0 Å². The number of ether oxygens (including phenoxy) is 1. The Balaban J connectivity index is 1.37. The highest BCUT2D eigenvalue weighted by Gasteiger charge is 2.31. The summed E-state index contributed by atoms with van der Waals surface area (Å²) >= 11 is 2.10. The van der Waals surface area contributed by atoms with E-state index in [1.165, 1.54) is 25.7 Å². The number of hydrogen-bond acceptors (Lipinski definition) is 7. The fraction of sp³-hybridized carbons (Fsp3) is 0.630. The quantitative estimate of drug-likeness (QED) is 0.345. The number of hydrogen-bond donors (Lipinski definition) is 3. The normalized spacial score (nSPS) is 22.5. The number of fused-ring (bicyclic) bond motifs is 1. The first-order valence-corrected chi connectivity index (χ1v) is 14.0. The van der Waals surface area contributed by atoms with Crippen molar-refractivity contribution in [2.45, 2.75) is 62.7 Å². The lowest BCUT2D eigenvalue weighted by Crippen LogP contribution is -2.42. The van der Waals surface area contributed by atoms with Crippen LogP contribution in [0, 0.1) is 11.8 Å². The largest absolute Gasteiger partial charge is 0.497 e. The zero-order valence-corrected chi connectivity index (χ0v) is 21.5. The average Bonchev–Trinajstić information content (AvgIpc) is 3.38. The number of pyridine rings is 1. The second-order valence-electron chi connectivity index (χ2n) is 10.0. The summed E-state index contributed by atoms with van der Waals surface area (Å²) in [6, 6.07) is 7.46. The van der Waals surface area contributed by atoms with E-state index in [0.717, 1.165) is 72.1 Å². The minimum atomic E-state index is -0.716. The van der Waals surface area contributed by atoms with E-state index in [-0.39, 0.29) is 18.4 Å². The summed E-state index contributed by atoms with van der Waals surface area (Å²) in [4.78, 5) is 18.6. The molecule has 2 aromatic rings. The molecule has 192 valence electrons. The van der Waals surface area contributed by atoms with Gasteiger partial charge in [-0.25, -0.2) is 0 Å². The molecule has 1 aliphatic carbocycles. The molecule has 2 fully saturated rings. The summed E-state index contributed by atoms with van der Waals surface area (Å²) in [7, 11) is 1.64. The van der Waals surface area contributed by atoms with Crippen LogP contribution in [0.3, 0.4) is 0 Å². The first-order chi connectivity index (χ1) is 17.1. The van der Waals surface area contributed by atoms with E-state index in [2.05, 4.69) is 27.1 Å². The fourth-order valence-electron chi connectivity index (χ4n) is 5.85. The van der Waals surface area contributed by atoms with Gasteiger partial charge in [-0.1, -0.05) is 12.8 Å². The Morgan fingerprint density at radius 3 is 2.83 bits per heavy atom. The minimum absolute atomic E-state index is 0.145. The number of rotatable bonds is 12. The number of carbonyl (C=O) groups is 1. The Bertz CT molecular complexity index is 969. The average molecular weight is 502 g/mol. The number of aromatic nitrogens is 1. The molecule has 7 nitrogen and oxygen atoms in total. The van der Waals surface area contributed by atoms with Gasteiger partial charge in [-0.05, 0) is 80.3 Å². The summed E-state index contributed by atoms with van der Waals surface area (Å²) in [6.07, 6.45) is 10.0. The second kappa shape index (κ2) is 12.9. The van der Waals surface area contributed by atoms with Crippen LogP contribution in [0.5, 0.6) is 5.75 Å². The molecule has 1 saturated carbocycles. The third kappa shape index (κ3) is 7.09. The Morgan fingerprint density at radius 2 is 2.09 bits per heavy atom. The van der Waals surface area contributed by atoms with Crippen LogP contribution < -0.4 is 10.2 Å². The van der Waals surface area contributed by atoms with Crippen molar-refractivity contribution in [3.8, 4) is 5.75 Å². The van der Waals surface area contributed by atoms with Crippen LogP contribution in [-0.2, 0) is 4.79 Å². The smallest absolute Gasteiger partial charge is 0.303 e. The van der Waals surface area contributed by atoms with Crippen molar-refractivity contribution < 1.29 is 19.8 Å². The third-order valence-electron chi connectivity index (χ3n) is 7.82.